The van der Waals surface area contributed by atoms with Gasteiger partial charge in [0.2, 0.25) is 15.9 Å². The van der Waals surface area contributed by atoms with Gasteiger partial charge in [-0.2, -0.15) is 4.31 Å². The molecule has 9 nitrogen and oxygen atoms in total. The van der Waals surface area contributed by atoms with Crippen LogP contribution in [0.5, 0.6) is 11.5 Å². The van der Waals surface area contributed by atoms with E-state index in [0.29, 0.717) is 24.5 Å². The summed E-state index contributed by atoms with van der Waals surface area (Å²) in [5.41, 5.74) is 0.599. The van der Waals surface area contributed by atoms with E-state index >= 15 is 0 Å². The minimum absolute atomic E-state index is 0.0114. The van der Waals surface area contributed by atoms with Crippen LogP contribution in [0.4, 0.5) is 11.4 Å². The molecule has 0 radical (unpaired) electrons. The van der Waals surface area contributed by atoms with Crippen molar-refractivity contribution in [2.75, 3.05) is 29.9 Å². The standard InChI is InChI=1S/C22H25N3O6S/c1-15-22(28)25(18-6-2-3-7-20(18)31-15)13-10-21(27)23-17-14-16(8-9-19(17)26)32(29,30)24-11-4-5-12-24/h2-3,6-9,14-15,26H,4-5,10-13H2,1H3,(H,23,27)/t15-/m0/s1. The fourth-order valence-corrected chi connectivity index (χ4v) is 5.41. The number of para-hydroxylation sites is 2. The maximum absolute atomic E-state index is 12.8. The maximum Gasteiger partial charge on any atom is 0.267 e. The van der Waals surface area contributed by atoms with E-state index in [-0.39, 0.29) is 35.2 Å². The Hall–Kier alpha value is -3.11. The molecule has 10 heteroatoms. The highest BCUT2D eigenvalue weighted by molar-refractivity contribution is 7.89. The smallest absolute Gasteiger partial charge is 0.267 e. The molecule has 2 N–H and O–H groups in total. The van der Waals surface area contributed by atoms with E-state index in [2.05, 4.69) is 5.32 Å². The Labute approximate surface area is 186 Å². The molecule has 2 aliphatic rings. The van der Waals surface area contributed by atoms with E-state index in [4.69, 9.17) is 4.74 Å². The van der Waals surface area contributed by atoms with Gasteiger partial charge in [0.15, 0.2) is 6.10 Å². The average Bonchev–Trinajstić information content (AvgIpc) is 3.31. The molecule has 0 aliphatic carbocycles. The van der Waals surface area contributed by atoms with Crippen molar-refractivity contribution in [3.63, 3.8) is 0 Å². The second-order valence-corrected chi connectivity index (χ2v) is 9.74. The lowest BCUT2D eigenvalue weighted by Gasteiger charge is -2.32. The first kappa shape index (κ1) is 22.1. The van der Waals surface area contributed by atoms with Crippen LogP contribution in [0.25, 0.3) is 0 Å². The summed E-state index contributed by atoms with van der Waals surface area (Å²) >= 11 is 0. The Morgan fingerprint density at radius 3 is 2.66 bits per heavy atom. The second kappa shape index (κ2) is 8.79. The van der Waals surface area contributed by atoms with Gasteiger partial charge in [0.25, 0.3) is 5.91 Å². The van der Waals surface area contributed by atoms with Crippen LogP contribution in [0.1, 0.15) is 26.2 Å². The second-order valence-electron chi connectivity index (χ2n) is 7.81. The molecule has 2 aromatic carbocycles. The summed E-state index contributed by atoms with van der Waals surface area (Å²) in [4.78, 5) is 26.6. The monoisotopic (exact) mass is 459 g/mol. The first-order valence-corrected chi connectivity index (χ1v) is 11.9. The summed E-state index contributed by atoms with van der Waals surface area (Å²) in [6, 6.07) is 10.9. The number of benzene rings is 2. The van der Waals surface area contributed by atoms with Gasteiger partial charge >= 0.3 is 0 Å². The van der Waals surface area contributed by atoms with E-state index < -0.39 is 22.0 Å². The SMILES string of the molecule is C[C@@H]1Oc2ccccc2N(CCC(=O)Nc2cc(S(=O)(=O)N3CCCC3)ccc2O)C1=O. The van der Waals surface area contributed by atoms with Crippen molar-refractivity contribution < 1.29 is 27.9 Å². The number of ether oxygens (including phenoxy) is 1. The Balaban J connectivity index is 1.46. The number of amides is 2. The number of rotatable bonds is 6. The summed E-state index contributed by atoms with van der Waals surface area (Å²) in [5.74, 6) is -0.379. The van der Waals surface area contributed by atoms with Crippen LogP contribution in [-0.4, -0.2) is 55.4 Å². The Bertz CT molecular complexity index is 1140. The minimum atomic E-state index is -3.69. The fraction of sp³-hybridized carbons (Fsp3) is 0.364. The highest BCUT2D eigenvalue weighted by Crippen LogP contribution is 2.34. The number of carbonyl (C=O) groups is 2. The Kier molecular flexibility index (Phi) is 6.07. The third-order valence-electron chi connectivity index (χ3n) is 5.58. The van der Waals surface area contributed by atoms with Crippen LogP contribution in [0.3, 0.4) is 0 Å². The van der Waals surface area contributed by atoms with Crippen molar-refractivity contribution in [3.8, 4) is 11.5 Å². The average molecular weight is 460 g/mol. The van der Waals surface area contributed by atoms with Crippen molar-refractivity contribution in [2.45, 2.75) is 37.2 Å². The number of phenols is 1. The molecule has 1 fully saturated rings. The molecule has 2 aliphatic heterocycles. The molecule has 0 unspecified atom stereocenters. The highest BCUT2D eigenvalue weighted by atomic mass is 32.2. The van der Waals surface area contributed by atoms with Crippen LogP contribution < -0.4 is 15.0 Å². The highest BCUT2D eigenvalue weighted by Gasteiger charge is 2.31. The normalized spacial score (nSPS) is 18.8. The lowest BCUT2D eigenvalue weighted by atomic mass is 10.1. The van der Waals surface area contributed by atoms with Crippen LogP contribution in [-0.2, 0) is 19.6 Å². The molecule has 1 saturated heterocycles. The molecule has 4 rings (SSSR count). The summed E-state index contributed by atoms with van der Waals surface area (Å²) in [7, 11) is -3.69. The molecule has 0 saturated carbocycles. The number of fused-ring (bicyclic) bond motifs is 1. The zero-order chi connectivity index (χ0) is 22.9. The van der Waals surface area contributed by atoms with Crippen LogP contribution >= 0.6 is 0 Å². The summed E-state index contributed by atoms with van der Waals surface area (Å²) in [5, 5.41) is 12.7. The number of nitrogens with one attached hydrogen (secondary N) is 1. The van der Waals surface area contributed by atoms with Crippen LogP contribution in [0.15, 0.2) is 47.4 Å². The van der Waals surface area contributed by atoms with Gasteiger partial charge in [-0.05, 0) is 50.1 Å². The molecular weight excluding hydrogens is 434 g/mol. The lowest BCUT2D eigenvalue weighted by molar-refractivity contribution is -0.125. The predicted octanol–water partition coefficient (Wildman–Crippen LogP) is 2.32. The van der Waals surface area contributed by atoms with Gasteiger partial charge in [-0.3, -0.25) is 9.59 Å². The number of anilines is 2. The minimum Gasteiger partial charge on any atom is -0.506 e. The topological polar surface area (TPSA) is 116 Å². The Morgan fingerprint density at radius 2 is 1.91 bits per heavy atom. The van der Waals surface area contributed by atoms with Crippen molar-refractivity contribution in [2.24, 2.45) is 0 Å². The van der Waals surface area contributed by atoms with Crippen molar-refractivity contribution in [3.05, 3.63) is 42.5 Å². The molecule has 2 heterocycles. The molecule has 0 bridgehead atoms. The fourth-order valence-electron chi connectivity index (χ4n) is 3.87. The van der Waals surface area contributed by atoms with Crippen molar-refractivity contribution >= 4 is 33.2 Å². The summed E-state index contributed by atoms with van der Waals surface area (Å²) in [6.07, 6.45) is 0.908. The van der Waals surface area contributed by atoms with Gasteiger partial charge in [-0.1, -0.05) is 12.1 Å². The van der Waals surface area contributed by atoms with Crippen molar-refractivity contribution in [1.29, 1.82) is 0 Å². The van der Waals surface area contributed by atoms with Gasteiger partial charge in [-0.25, -0.2) is 8.42 Å². The van der Waals surface area contributed by atoms with Gasteiger partial charge in [0, 0.05) is 26.1 Å². The molecule has 0 spiro atoms. The summed E-state index contributed by atoms with van der Waals surface area (Å²) in [6.45, 7) is 2.67. The van der Waals surface area contributed by atoms with E-state index in [1.54, 1.807) is 31.2 Å². The van der Waals surface area contributed by atoms with E-state index in [0.717, 1.165) is 12.8 Å². The van der Waals surface area contributed by atoms with Gasteiger partial charge in [0.1, 0.15) is 11.5 Å². The number of nitrogens with zero attached hydrogens (tertiary/aromatic N) is 2. The van der Waals surface area contributed by atoms with Crippen LogP contribution in [0.2, 0.25) is 0 Å². The van der Waals surface area contributed by atoms with Gasteiger partial charge in [0.05, 0.1) is 16.3 Å². The molecule has 0 aromatic heterocycles. The summed E-state index contributed by atoms with van der Waals surface area (Å²) < 4.78 is 32.5. The predicted molar refractivity (Wildman–Crippen MR) is 118 cm³/mol. The van der Waals surface area contributed by atoms with Gasteiger partial charge in [-0.15, -0.1) is 0 Å². The molecule has 2 amide bonds. The third kappa shape index (κ3) is 4.28. The zero-order valence-electron chi connectivity index (χ0n) is 17.7. The van der Waals surface area contributed by atoms with E-state index in [1.165, 1.54) is 27.4 Å². The first-order chi connectivity index (χ1) is 15.3. The number of carbonyl (C=O) groups excluding carboxylic acids is 2. The number of aromatic hydroxyl groups is 1. The molecule has 170 valence electrons. The third-order valence-corrected chi connectivity index (χ3v) is 7.48. The maximum atomic E-state index is 12.8. The first-order valence-electron chi connectivity index (χ1n) is 10.5. The number of sulfonamides is 1. The Morgan fingerprint density at radius 1 is 1.19 bits per heavy atom. The number of hydrogen-bond donors (Lipinski definition) is 2. The van der Waals surface area contributed by atoms with Crippen LogP contribution in [0, 0.1) is 0 Å². The van der Waals surface area contributed by atoms with E-state index in [9.17, 15) is 23.1 Å². The number of phenolic OH excluding ortho intramolecular Hbond substituents is 1. The number of hydrogen-bond acceptors (Lipinski definition) is 6. The van der Waals surface area contributed by atoms with E-state index in [1.807, 2.05) is 0 Å². The lowest BCUT2D eigenvalue weighted by Crippen LogP contribution is -2.45. The molecular formula is C22H25N3O6S. The van der Waals surface area contributed by atoms with Gasteiger partial charge < -0.3 is 20.1 Å². The molecule has 2 aromatic rings. The zero-order valence-corrected chi connectivity index (χ0v) is 18.5. The quantitative estimate of drug-likeness (QED) is 0.641. The molecule has 1 atom stereocenters. The molecule has 32 heavy (non-hydrogen) atoms. The van der Waals surface area contributed by atoms with Crippen molar-refractivity contribution in [1.82, 2.24) is 4.31 Å². The largest absolute Gasteiger partial charge is 0.506 e.